The molecule has 1 saturated heterocycles. The van der Waals surface area contributed by atoms with Gasteiger partial charge in [0.2, 0.25) is 0 Å². The first-order chi connectivity index (χ1) is 10.4. The number of aliphatic hydroxyl groups excluding tert-OH is 1. The van der Waals surface area contributed by atoms with Gasteiger partial charge in [-0.15, -0.1) is 0 Å². The molecule has 1 aliphatic heterocycles. The zero-order valence-corrected chi connectivity index (χ0v) is 12.6. The van der Waals surface area contributed by atoms with Crippen LogP contribution in [0.25, 0.3) is 0 Å². The Hall–Kier alpha value is -1.27. The number of aliphatic hydroxyl groups is 1. The van der Waals surface area contributed by atoms with Crippen molar-refractivity contribution < 1.29 is 18.3 Å². The lowest BCUT2D eigenvalue weighted by atomic mass is 9.95. The minimum atomic E-state index is -4.40. The first kappa shape index (κ1) is 17.1. The summed E-state index contributed by atoms with van der Waals surface area (Å²) < 4.78 is 40.0. The third-order valence-corrected chi connectivity index (χ3v) is 4.14. The summed E-state index contributed by atoms with van der Waals surface area (Å²) in [5.41, 5.74) is 6.08. The molecule has 0 radical (unpaired) electrons. The van der Waals surface area contributed by atoms with E-state index in [9.17, 15) is 13.2 Å². The maximum atomic E-state index is 13.3. The SMILES string of the molecule is N[C@@H](CCCCO)c1ccc(N2CCCC2)cc1C(F)(F)F. The summed E-state index contributed by atoms with van der Waals surface area (Å²) >= 11 is 0. The van der Waals surface area contributed by atoms with Crippen molar-refractivity contribution in [1.29, 1.82) is 0 Å². The fourth-order valence-electron chi connectivity index (χ4n) is 2.92. The largest absolute Gasteiger partial charge is 0.416 e. The minimum absolute atomic E-state index is 0.0345. The van der Waals surface area contributed by atoms with Gasteiger partial charge < -0.3 is 15.7 Å². The average Bonchev–Trinajstić information content (AvgIpc) is 3.00. The fraction of sp³-hybridized carbons (Fsp3) is 0.625. The number of anilines is 1. The number of nitrogens with zero attached hydrogens (tertiary/aromatic N) is 1. The van der Waals surface area contributed by atoms with Crippen molar-refractivity contribution in [3.8, 4) is 0 Å². The predicted octanol–water partition coefficient (Wildman–Crippen LogP) is 3.47. The minimum Gasteiger partial charge on any atom is -0.396 e. The lowest BCUT2D eigenvalue weighted by Crippen LogP contribution is -2.21. The van der Waals surface area contributed by atoms with Crippen LogP contribution < -0.4 is 10.6 Å². The van der Waals surface area contributed by atoms with E-state index in [2.05, 4.69) is 0 Å². The van der Waals surface area contributed by atoms with E-state index in [1.54, 1.807) is 6.07 Å². The highest BCUT2D eigenvalue weighted by molar-refractivity contribution is 5.53. The molecule has 1 aromatic rings. The number of benzene rings is 1. The molecule has 0 unspecified atom stereocenters. The Morgan fingerprint density at radius 3 is 2.45 bits per heavy atom. The molecule has 0 saturated carbocycles. The smallest absolute Gasteiger partial charge is 0.396 e. The molecular formula is C16H23F3N2O. The van der Waals surface area contributed by atoms with Crippen LogP contribution in [0.5, 0.6) is 0 Å². The number of unbranched alkanes of at least 4 members (excludes halogenated alkanes) is 1. The summed E-state index contributed by atoms with van der Waals surface area (Å²) in [7, 11) is 0. The summed E-state index contributed by atoms with van der Waals surface area (Å²) in [6.45, 7) is 1.64. The van der Waals surface area contributed by atoms with Crippen molar-refractivity contribution in [1.82, 2.24) is 0 Å². The molecule has 124 valence electrons. The van der Waals surface area contributed by atoms with Crippen molar-refractivity contribution in [2.24, 2.45) is 5.73 Å². The van der Waals surface area contributed by atoms with Crippen molar-refractivity contribution in [2.45, 2.75) is 44.3 Å². The molecule has 22 heavy (non-hydrogen) atoms. The number of rotatable bonds is 6. The van der Waals surface area contributed by atoms with E-state index >= 15 is 0 Å². The van der Waals surface area contributed by atoms with Crippen LogP contribution in [0, 0.1) is 0 Å². The summed E-state index contributed by atoms with van der Waals surface area (Å²) in [4.78, 5) is 1.98. The van der Waals surface area contributed by atoms with E-state index in [-0.39, 0.29) is 12.2 Å². The fourth-order valence-corrected chi connectivity index (χ4v) is 2.92. The number of hydrogen-bond donors (Lipinski definition) is 2. The Morgan fingerprint density at radius 1 is 1.18 bits per heavy atom. The lowest BCUT2D eigenvalue weighted by Gasteiger charge is -2.23. The maximum Gasteiger partial charge on any atom is 0.416 e. The van der Waals surface area contributed by atoms with Gasteiger partial charge in [0.25, 0.3) is 0 Å². The van der Waals surface area contributed by atoms with Crippen LogP contribution in [-0.4, -0.2) is 24.8 Å². The second-order valence-electron chi connectivity index (χ2n) is 5.79. The molecule has 0 spiro atoms. The molecule has 0 bridgehead atoms. The van der Waals surface area contributed by atoms with Crippen molar-refractivity contribution in [2.75, 3.05) is 24.6 Å². The molecule has 3 nitrogen and oxygen atoms in total. The van der Waals surface area contributed by atoms with Crippen LogP contribution >= 0.6 is 0 Å². The van der Waals surface area contributed by atoms with E-state index < -0.39 is 17.8 Å². The van der Waals surface area contributed by atoms with Crippen molar-refractivity contribution in [3.63, 3.8) is 0 Å². The molecule has 1 heterocycles. The van der Waals surface area contributed by atoms with Gasteiger partial charge in [0.15, 0.2) is 0 Å². The first-order valence-electron chi connectivity index (χ1n) is 7.76. The molecule has 1 atom stereocenters. The second kappa shape index (κ2) is 7.33. The molecular weight excluding hydrogens is 293 g/mol. The van der Waals surface area contributed by atoms with Gasteiger partial charge in [0, 0.05) is 31.4 Å². The Balaban J connectivity index is 2.24. The van der Waals surface area contributed by atoms with Crippen LogP contribution in [0.4, 0.5) is 18.9 Å². The first-order valence-corrected chi connectivity index (χ1v) is 7.76. The Kier molecular flexibility index (Phi) is 5.69. The molecule has 3 N–H and O–H groups in total. The van der Waals surface area contributed by atoms with E-state index in [1.165, 1.54) is 12.1 Å². The topological polar surface area (TPSA) is 49.5 Å². The Labute approximate surface area is 128 Å². The van der Waals surface area contributed by atoms with E-state index in [4.69, 9.17) is 10.8 Å². The highest BCUT2D eigenvalue weighted by Gasteiger charge is 2.35. The third kappa shape index (κ3) is 4.14. The van der Waals surface area contributed by atoms with Crippen LogP contribution in [-0.2, 0) is 6.18 Å². The molecule has 1 aromatic carbocycles. The molecule has 2 rings (SSSR count). The molecule has 0 aliphatic carbocycles. The number of hydrogen-bond acceptors (Lipinski definition) is 3. The van der Waals surface area contributed by atoms with Crippen molar-refractivity contribution >= 4 is 5.69 Å². The zero-order chi connectivity index (χ0) is 16.2. The van der Waals surface area contributed by atoms with Gasteiger partial charge in [0.1, 0.15) is 0 Å². The van der Waals surface area contributed by atoms with Crippen molar-refractivity contribution in [3.05, 3.63) is 29.3 Å². The van der Waals surface area contributed by atoms with E-state index in [0.29, 0.717) is 24.9 Å². The molecule has 6 heteroatoms. The van der Waals surface area contributed by atoms with Gasteiger partial charge >= 0.3 is 6.18 Å². The van der Waals surface area contributed by atoms with Crippen LogP contribution in [0.15, 0.2) is 18.2 Å². The number of alkyl halides is 3. The van der Waals surface area contributed by atoms with Gasteiger partial charge in [-0.3, -0.25) is 0 Å². The van der Waals surface area contributed by atoms with E-state index in [0.717, 1.165) is 25.9 Å². The second-order valence-corrected chi connectivity index (χ2v) is 5.79. The van der Waals surface area contributed by atoms with Gasteiger partial charge in [0.05, 0.1) is 5.56 Å². The number of halogens is 3. The highest BCUT2D eigenvalue weighted by atomic mass is 19.4. The molecule has 0 amide bonds. The normalized spacial score (nSPS) is 17.0. The summed E-state index contributed by atoms with van der Waals surface area (Å²) in [6.07, 6.45) is -0.760. The van der Waals surface area contributed by atoms with Gasteiger partial charge in [-0.25, -0.2) is 0 Å². The van der Waals surface area contributed by atoms with Crippen LogP contribution in [0.2, 0.25) is 0 Å². The monoisotopic (exact) mass is 316 g/mol. The summed E-state index contributed by atoms with van der Waals surface area (Å²) in [5.74, 6) is 0. The maximum absolute atomic E-state index is 13.3. The van der Waals surface area contributed by atoms with Crippen LogP contribution in [0.3, 0.4) is 0 Å². The average molecular weight is 316 g/mol. The summed E-state index contributed by atoms with van der Waals surface area (Å²) in [5, 5.41) is 8.76. The zero-order valence-electron chi connectivity index (χ0n) is 12.6. The van der Waals surface area contributed by atoms with Gasteiger partial charge in [-0.05, 0) is 49.8 Å². The third-order valence-electron chi connectivity index (χ3n) is 4.14. The van der Waals surface area contributed by atoms with Crippen LogP contribution in [0.1, 0.15) is 49.3 Å². The molecule has 1 aliphatic rings. The summed E-state index contributed by atoms with van der Waals surface area (Å²) in [6, 6.07) is 3.82. The standard InChI is InChI=1S/C16H23F3N2O/c17-16(18,19)14-11-12(21-8-2-3-9-21)6-7-13(14)15(20)5-1-4-10-22/h6-7,11,15,22H,1-5,8-10,20H2/t15-/m0/s1. The lowest BCUT2D eigenvalue weighted by molar-refractivity contribution is -0.138. The van der Waals surface area contributed by atoms with Gasteiger partial charge in [-0.1, -0.05) is 6.07 Å². The Morgan fingerprint density at radius 2 is 1.86 bits per heavy atom. The molecule has 0 aromatic heterocycles. The number of nitrogens with two attached hydrogens (primary N) is 1. The Bertz CT molecular complexity index is 485. The molecule has 1 fully saturated rings. The quantitative estimate of drug-likeness (QED) is 0.790. The highest BCUT2D eigenvalue weighted by Crippen LogP contribution is 2.38. The predicted molar refractivity (Wildman–Crippen MR) is 80.8 cm³/mol. The van der Waals surface area contributed by atoms with Gasteiger partial charge in [-0.2, -0.15) is 13.2 Å². The van der Waals surface area contributed by atoms with E-state index in [1.807, 2.05) is 4.90 Å².